The predicted octanol–water partition coefficient (Wildman–Crippen LogP) is 2.06. The number of hydrogen-bond acceptors (Lipinski definition) is 3. The number of hydrogen-bond donors (Lipinski definition) is 1. The minimum atomic E-state index is 0.633. The van der Waals surface area contributed by atoms with Crippen LogP contribution < -0.4 is 5.32 Å². The van der Waals surface area contributed by atoms with Gasteiger partial charge in [-0.15, -0.1) is 0 Å². The van der Waals surface area contributed by atoms with Crippen LogP contribution in [-0.4, -0.2) is 40.0 Å². The molecule has 0 aliphatic carbocycles. The van der Waals surface area contributed by atoms with E-state index in [1.54, 1.807) is 7.11 Å². The second-order valence-electron chi connectivity index (χ2n) is 5.07. The van der Waals surface area contributed by atoms with Crippen LogP contribution in [0.5, 0.6) is 0 Å². The molecular weight excluding hydrogens is 202 g/mol. The van der Waals surface area contributed by atoms with Crippen LogP contribution in [0.25, 0.3) is 0 Å². The molecule has 0 aromatic heterocycles. The first-order valence-corrected chi connectivity index (χ1v) is 6.50. The van der Waals surface area contributed by atoms with Crippen LogP contribution in [0.1, 0.15) is 32.6 Å². The monoisotopic (exact) mass is 229 g/mol. The summed E-state index contributed by atoms with van der Waals surface area (Å²) in [6, 6.07) is 0.633. The summed E-state index contributed by atoms with van der Waals surface area (Å²) in [6.07, 6.45) is 4.96. The van der Waals surface area contributed by atoms with Gasteiger partial charge in [-0.1, -0.05) is 6.92 Å². The molecular formula is C13H27NO2. The molecule has 0 aromatic carbocycles. The molecule has 0 bridgehead atoms. The van der Waals surface area contributed by atoms with Gasteiger partial charge in [-0.3, -0.25) is 0 Å². The van der Waals surface area contributed by atoms with Crippen molar-refractivity contribution < 1.29 is 9.47 Å². The van der Waals surface area contributed by atoms with Crippen LogP contribution in [0, 0.1) is 11.8 Å². The molecule has 1 fully saturated rings. The molecule has 0 spiro atoms. The Hall–Kier alpha value is -0.120. The minimum absolute atomic E-state index is 0.633. The Kier molecular flexibility index (Phi) is 7.01. The van der Waals surface area contributed by atoms with E-state index in [1.807, 2.05) is 0 Å². The highest BCUT2D eigenvalue weighted by molar-refractivity contribution is 4.74. The summed E-state index contributed by atoms with van der Waals surface area (Å²) >= 11 is 0. The van der Waals surface area contributed by atoms with Crippen LogP contribution in [0.4, 0.5) is 0 Å². The number of rotatable bonds is 7. The van der Waals surface area contributed by atoms with E-state index in [2.05, 4.69) is 19.3 Å². The van der Waals surface area contributed by atoms with Gasteiger partial charge in [0.2, 0.25) is 0 Å². The van der Waals surface area contributed by atoms with Gasteiger partial charge in [-0.25, -0.2) is 0 Å². The lowest BCUT2D eigenvalue weighted by Crippen LogP contribution is -2.32. The summed E-state index contributed by atoms with van der Waals surface area (Å²) in [7, 11) is 3.85. The average molecular weight is 229 g/mol. The SMILES string of the molecule is CNC(CC(C)COC)CC1CCOCC1. The Morgan fingerprint density at radius 1 is 1.38 bits per heavy atom. The van der Waals surface area contributed by atoms with E-state index < -0.39 is 0 Å². The Bertz CT molecular complexity index is 169. The number of nitrogens with one attached hydrogen (secondary N) is 1. The molecule has 3 nitrogen and oxygen atoms in total. The first kappa shape index (κ1) is 13.9. The van der Waals surface area contributed by atoms with E-state index in [9.17, 15) is 0 Å². The van der Waals surface area contributed by atoms with E-state index in [0.717, 1.165) is 25.7 Å². The zero-order valence-electron chi connectivity index (χ0n) is 11.0. The highest BCUT2D eigenvalue weighted by Crippen LogP contribution is 2.22. The summed E-state index contributed by atoms with van der Waals surface area (Å²) in [5.74, 6) is 1.49. The van der Waals surface area contributed by atoms with E-state index in [1.165, 1.54) is 25.7 Å². The molecule has 0 amide bonds. The summed E-state index contributed by atoms with van der Waals surface area (Å²) < 4.78 is 10.6. The highest BCUT2D eigenvalue weighted by Gasteiger charge is 2.19. The number of methoxy groups -OCH3 is 1. The van der Waals surface area contributed by atoms with Crippen molar-refractivity contribution in [1.82, 2.24) is 5.32 Å². The maximum absolute atomic E-state index is 5.39. The molecule has 2 atom stereocenters. The quantitative estimate of drug-likeness (QED) is 0.725. The minimum Gasteiger partial charge on any atom is -0.384 e. The van der Waals surface area contributed by atoms with Gasteiger partial charge >= 0.3 is 0 Å². The Morgan fingerprint density at radius 3 is 2.62 bits per heavy atom. The maximum atomic E-state index is 5.39. The fraction of sp³-hybridized carbons (Fsp3) is 1.00. The van der Waals surface area contributed by atoms with Crippen molar-refractivity contribution in [2.75, 3.05) is 34.0 Å². The van der Waals surface area contributed by atoms with Gasteiger partial charge in [0.25, 0.3) is 0 Å². The summed E-state index contributed by atoms with van der Waals surface area (Å²) in [6.45, 7) is 5.03. The van der Waals surface area contributed by atoms with Crippen LogP contribution in [0.3, 0.4) is 0 Å². The van der Waals surface area contributed by atoms with E-state index in [-0.39, 0.29) is 0 Å². The first-order chi connectivity index (χ1) is 7.76. The Morgan fingerprint density at radius 2 is 2.06 bits per heavy atom. The summed E-state index contributed by atoms with van der Waals surface area (Å²) in [5, 5.41) is 3.44. The summed E-state index contributed by atoms with van der Waals surface area (Å²) in [5.41, 5.74) is 0. The second-order valence-corrected chi connectivity index (χ2v) is 5.07. The first-order valence-electron chi connectivity index (χ1n) is 6.50. The summed E-state index contributed by atoms with van der Waals surface area (Å²) in [4.78, 5) is 0. The third-order valence-electron chi connectivity index (χ3n) is 3.51. The second kappa shape index (κ2) is 8.04. The van der Waals surface area contributed by atoms with Gasteiger partial charge in [-0.05, 0) is 44.6 Å². The van der Waals surface area contributed by atoms with Gasteiger partial charge in [-0.2, -0.15) is 0 Å². The molecule has 1 heterocycles. The van der Waals surface area contributed by atoms with Gasteiger partial charge in [0.15, 0.2) is 0 Å². The van der Waals surface area contributed by atoms with Crippen LogP contribution >= 0.6 is 0 Å². The molecule has 1 saturated heterocycles. The van der Waals surface area contributed by atoms with Crippen molar-refractivity contribution in [2.45, 2.75) is 38.6 Å². The lowest BCUT2D eigenvalue weighted by molar-refractivity contribution is 0.0589. The van der Waals surface area contributed by atoms with Crippen molar-refractivity contribution in [3.05, 3.63) is 0 Å². The van der Waals surface area contributed by atoms with Gasteiger partial charge in [0.1, 0.15) is 0 Å². The molecule has 1 rings (SSSR count). The predicted molar refractivity (Wildman–Crippen MR) is 66.7 cm³/mol. The topological polar surface area (TPSA) is 30.5 Å². The largest absolute Gasteiger partial charge is 0.384 e. The van der Waals surface area contributed by atoms with E-state index in [0.29, 0.717) is 12.0 Å². The smallest absolute Gasteiger partial charge is 0.0488 e. The Balaban J connectivity index is 2.24. The Labute approximate surface area is 99.9 Å². The molecule has 1 aliphatic heterocycles. The molecule has 0 aromatic rings. The molecule has 3 heteroatoms. The molecule has 96 valence electrons. The van der Waals surface area contributed by atoms with Gasteiger partial charge in [0, 0.05) is 33.0 Å². The van der Waals surface area contributed by atoms with Crippen molar-refractivity contribution >= 4 is 0 Å². The standard InChI is InChI=1S/C13H27NO2/c1-11(10-15-3)8-13(14-2)9-12-4-6-16-7-5-12/h11-14H,4-10H2,1-3H3. The lowest BCUT2D eigenvalue weighted by Gasteiger charge is -2.28. The van der Waals surface area contributed by atoms with Crippen molar-refractivity contribution in [1.29, 1.82) is 0 Å². The van der Waals surface area contributed by atoms with Crippen LogP contribution in [-0.2, 0) is 9.47 Å². The fourth-order valence-electron chi connectivity index (χ4n) is 2.55. The molecule has 0 saturated carbocycles. The molecule has 1 N–H and O–H groups in total. The maximum Gasteiger partial charge on any atom is 0.0488 e. The molecule has 2 unspecified atom stereocenters. The average Bonchev–Trinajstić information content (AvgIpc) is 2.30. The van der Waals surface area contributed by atoms with Crippen molar-refractivity contribution in [2.24, 2.45) is 11.8 Å². The third kappa shape index (κ3) is 5.28. The molecule has 0 radical (unpaired) electrons. The van der Waals surface area contributed by atoms with Crippen LogP contribution in [0.2, 0.25) is 0 Å². The third-order valence-corrected chi connectivity index (χ3v) is 3.51. The fourth-order valence-corrected chi connectivity index (χ4v) is 2.55. The van der Waals surface area contributed by atoms with Crippen LogP contribution in [0.15, 0.2) is 0 Å². The highest BCUT2D eigenvalue weighted by atomic mass is 16.5. The number of ether oxygens (including phenoxy) is 2. The van der Waals surface area contributed by atoms with Gasteiger partial charge < -0.3 is 14.8 Å². The van der Waals surface area contributed by atoms with Gasteiger partial charge in [0.05, 0.1) is 0 Å². The normalized spacial score (nSPS) is 21.9. The molecule has 16 heavy (non-hydrogen) atoms. The lowest BCUT2D eigenvalue weighted by atomic mass is 9.89. The van der Waals surface area contributed by atoms with E-state index >= 15 is 0 Å². The van der Waals surface area contributed by atoms with E-state index in [4.69, 9.17) is 9.47 Å². The molecule has 1 aliphatic rings. The zero-order valence-corrected chi connectivity index (χ0v) is 11.0. The van der Waals surface area contributed by atoms with Crippen molar-refractivity contribution in [3.63, 3.8) is 0 Å². The van der Waals surface area contributed by atoms with Crippen molar-refractivity contribution in [3.8, 4) is 0 Å². The zero-order chi connectivity index (χ0) is 11.8.